The van der Waals surface area contributed by atoms with Crippen molar-refractivity contribution in [1.82, 2.24) is 4.98 Å². The molecule has 0 aliphatic rings. The van der Waals surface area contributed by atoms with Gasteiger partial charge < -0.3 is 23.7 Å². The lowest BCUT2D eigenvalue weighted by Gasteiger charge is -2.19. The Bertz CT molecular complexity index is 1680. The minimum absolute atomic E-state index is 0.0594. The molecule has 0 spiro atoms. The first-order chi connectivity index (χ1) is 19.6. The number of ether oxygens (including phenoxy) is 5. The lowest BCUT2D eigenvalue weighted by molar-refractivity contribution is 0.355. The van der Waals surface area contributed by atoms with Crippen molar-refractivity contribution in [3.05, 3.63) is 71.0 Å². The fraction of sp³-hybridized carbons (Fsp3) is 0.323. The number of pyridine rings is 1. The quantitative estimate of drug-likeness (QED) is 0.227. The summed E-state index contributed by atoms with van der Waals surface area (Å²) in [5.41, 5.74) is 3.09. The third-order valence-electron chi connectivity index (χ3n) is 7.00. The fourth-order valence-corrected chi connectivity index (χ4v) is 6.19. The molecule has 1 N–H and O–H groups in total. The van der Waals surface area contributed by atoms with Gasteiger partial charge in [0, 0.05) is 24.1 Å². The Morgan fingerprint density at radius 1 is 0.780 bits per heavy atom. The van der Waals surface area contributed by atoms with Crippen LogP contribution < -0.4 is 28.4 Å². The van der Waals surface area contributed by atoms with E-state index in [0.29, 0.717) is 52.0 Å². The van der Waals surface area contributed by atoms with Crippen LogP contribution in [0, 0.1) is 6.92 Å². The van der Waals surface area contributed by atoms with Crippen LogP contribution in [0.2, 0.25) is 0 Å². The second-order valence-electron chi connectivity index (χ2n) is 9.85. The number of rotatable bonds is 11. The van der Waals surface area contributed by atoms with Crippen molar-refractivity contribution < 1.29 is 32.1 Å². The molecule has 4 rings (SSSR count). The molecule has 0 aliphatic carbocycles. The van der Waals surface area contributed by atoms with E-state index >= 15 is 0 Å². The monoisotopic (exact) mass is 580 g/mol. The number of benzene rings is 3. The van der Waals surface area contributed by atoms with Crippen LogP contribution in [-0.2, 0) is 16.4 Å². The number of hydrogen-bond acceptors (Lipinski definition) is 8. The van der Waals surface area contributed by atoms with E-state index in [1.54, 1.807) is 58.7 Å². The number of aryl methyl sites for hydroxylation is 1. The van der Waals surface area contributed by atoms with E-state index in [1.807, 2.05) is 32.0 Å². The number of sulfonamides is 1. The number of nitrogens with one attached hydrogen (secondary N) is 1. The van der Waals surface area contributed by atoms with Gasteiger partial charge >= 0.3 is 0 Å². The molecule has 0 amide bonds. The summed E-state index contributed by atoms with van der Waals surface area (Å²) < 4.78 is 58.1. The van der Waals surface area contributed by atoms with Crippen LogP contribution in [0.1, 0.15) is 42.1 Å². The van der Waals surface area contributed by atoms with Gasteiger partial charge in [0.1, 0.15) is 5.75 Å². The molecule has 0 fully saturated rings. The zero-order chi connectivity index (χ0) is 29.9. The van der Waals surface area contributed by atoms with E-state index in [1.165, 1.54) is 14.2 Å². The highest BCUT2D eigenvalue weighted by molar-refractivity contribution is 7.92. The van der Waals surface area contributed by atoms with Gasteiger partial charge in [0.05, 0.1) is 51.8 Å². The van der Waals surface area contributed by atoms with Crippen LogP contribution in [0.3, 0.4) is 0 Å². The molecule has 41 heavy (non-hydrogen) atoms. The number of methoxy groups -OCH3 is 5. The third-order valence-corrected chi connectivity index (χ3v) is 8.51. The summed E-state index contributed by atoms with van der Waals surface area (Å²) in [5.74, 6) is 2.74. The molecule has 0 bridgehead atoms. The molecule has 0 atom stereocenters. The predicted octanol–water partition coefficient (Wildman–Crippen LogP) is 6.10. The first-order valence-corrected chi connectivity index (χ1v) is 14.5. The van der Waals surface area contributed by atoms with E-state index in [9.17, 15) is 8.42 Å². The van der Waals surface area contributed by atoms with Gasteiger partial charge in [0.25, 0.3) is 10.0 Å². The Balaban J connectivity index is 1.85. The van der Waals surface area contributed by atoms with E-state index in [-0.39, 0.29) is 10.8 Å². The molecule has 1 aromatic heterocycles. The average Bonchev–Trinajstić information content (AvgIpc) is 2.96. The van der Waals surface area contributed by atoms with Crippen molar-refractivity contribution in [3.8, 4) is 28.7 Å². The molecular weight excluding hydrogens is 544 g/mol. The fourth-order valence-electron chi connectivity index (χ4n) is 4.84. The van der Waals surface area contributed by atoms with Crippen LogP contribution in [0.15, 0.2) is 53.6 Å². The first-order valence-electron chi connectivity index (χ1n) is 13.0. The van der Waals surface area contributed by atoms with Gasteiger partial charge in [-0.25, -0.2) is 8.42 Å². The van der Waals surface area contributed by atoms with Crippen LogP contribution in [0.4, 0.5) is 5.69 Å². The largest absolute Gasteiger partial charge is 0.496 e. The van der Waals surface area contributed by atoms with Crippen molar-refractivity contribution in [2.75, 3.05) is 40.3 Å². The summed E-state index contributed by atoms with van der Waals surface area (Å²) in [5, 5.41) is 1.76. The lowest BCUT2D eigenvalue weighted by Crippen LogP contribution is -2.17. The summed E-state index contributed by atoms with van der Waals surface area (Å²) in [6.07, 6.45) is 2.01. The molecular formula is C31H36N2O7S. The Labute approximate surface area is 241 Å². The zero-order valence-corrected chi connectivity index (χ0v) is 25.4. The molecule has 0 saturated heterocycles. The summed E-state index contributed by atoms with van der Waals surface area (Å²) in [6.45, 7) is 5.73. The highest BCUT2D eigenvalue weighted by Crippen LogP contribution is 2.39. The van der Waals surface area contributed by atoms with Gasteiger partial charge in [-0.15, -0.1) is 0 Å². The van der Waals surface area contributed by atoms with Crippen LogP contribution >= 0.6 is 0 Å². The number of nitrogens with zero attached hydrogens (tertiary/aromatic N) is 1. The molecule has 0 saturated carbocycles. The molecule has 9 nitrogen and oxygen atoms in total. The summed E-state index contributed by atoms with van der Waals surface area (Å²) in [4.78, 5) is 4.80. The van der Waals surface area contributed by atoms with Crippen molar-refractivity contribution in [3.63, 3.8) is 0 Å². The highest BCUT2D eigenvalue weighted by atomic mass is 32.2. The molecule has 218 valence electrons. The molecule has 10 heteroatoms. The molecule has 1 heterocycles. The summed E-state index contributed by atoms with van der Waals surface area (Å²) in [7, 11) is 3.77. The van der Waals surface area contributed by atoms with E-state index in [0.717, 1.165) is 22.0 Å². The highest BCUT2D eigenvalue weighted by Gasteiger charge is 2.24. The number of anilines is 1. The average molecular weight is 581 g/mol. The van der Waals surface area contributed by atoms with Crippen molar-refractivity contribution in [1.29, 1.82) is 0 Å². The number of hydrogen-bond donors (Lipinski definition) is 1. The number of fused-ring (bicyclic) bond motifs is 1. The summed E-state index contributed by atoms with van der Waals surface area (Å²) in [6, 6.07) is 12.5. The Kier molecular flexibility index (Phi) is 8.82. The van der Waals surface area contributed by atoms with E-state index < -0.39 is 10.0 Å². The van der Waals surface area contributed by atoms with Crippen LogP contribution in [-0.4, -0.2) is 49.0 Å². The van der Waals surface area contributed by atoms with Gasteiger partial charge in [-0.2, -0.15) is 0 Å². The van der Waals surface area contributed by atoms with Gasteiger partial charge in [-0.1, -0.05) is 13.8 Å². The van der Waals surface area contributed by atoms with Gasteiger partial charge in [-0.05, 0) is 71.3 Å². The maximum Gasteiger partial charge on any atom is 0.262 e. The second-order valence-corrected chi connectivity index (χ2v) is 11.5. The SMILES string of the molecule is COc1cc(Cc2nccc3cc(OC)c(OC)cc23)c(NS(=O)(=O)c2cc(C(C)C)c(OC)cc2C)cc1OC. The zero-order valence-electron chi connectivity index (χ0n) is 24.6. The van der Waals surface area contributed by atoms with Crippen molar-refractivity contribution in [2.24, 2.45) is 0 Å². The minimum Gasteiger partial charge on any atom is -0.496 e. The van der Waals surface area contributed by atoms with Crippen LogP contribution in [0.25, 0.3) is 10.8 Å². The Morgan fingerprint density at radius 3 is 1.98 bits per heavy atom. The van der Waals surface area contributed by atoms with Crippen molar-refractivity contribution in [2.45, 2.75) is 38.0 Å². The van der Waals surface area contributed by atoms with Gasteiger partial charge in [-0.3, -0.25) is 9.71 Å². The molecule has 0 radical (unpaired) electrons. The van der Waals surface area contributed by atoms with E-state index in [2.05, 4.69) is 9.71 Å². The number of aromatic nitrogens is 1. The first kappa shape index (κ1) is 29.8. The predicted molar refractivity (Wildman–Crippen MR) is 160 cm³/mol. The van der Waals surface area contributed by atoms with Gasteiger partial charge in [0.2, 0.25) is 0 Å². The molecule has 0 aliphatic heterocycles. The molecule has 4 aromatic rings. The smallest absolute Gasteiger partial charge is 0.262 e. The topological polar surface area (TPSA) is 105 Å². The molecule has 0 unspecified atom stereocenters. The standard InChI is InChI=1S/C31H36N2O7S/c1-18(2)22-16-31(19(3)11-26(22)36-4)41(34,35)33-24-17-30(40-8)28(38-6)14-21(24)12-25-23-15-29(39-7)27(37-5)13-20(23)9-10-32-25/h9-11,13-18,33H,12H2,1-8H3. The van der Waals surface area contributed by atoms with E-state index in [4.69, 9.17) is 23.7 Å². The lowest BCUT2D eigenvalue weighted by atomic mass is 10.0. The third kappa shape index (κ3) is 5.97. The van der Waals surface area contributed by atoms with Gasteiger partial charge in [0.15, 0.2) is 23.0 Å². The Morgan fingerprint density at radius 2 is 1.37 bits per heavy atom. The van der Waals surface area contributed by atoms with Crippen molar-refractivity contribution >= 4 is 26.5 Å². The molecule has 3 aromatic carbocycles. The Hall–Kier alpha value is -4.18. The maximum atomic E-state index is 13.9. The normalized spacial score (nSPS) is 11.4. The maximum absolute atomic E-state index is 13.9. The summed E-state index contributed by atoms with van der Waals surface area (Å²) >= 11 is 0. The minimum atomic E-state index is -4.01. The second kappa shape index (κ2) is 12.1. The van der Waals surface area contributed by atoms with Crippen LogP contribution in [0.5, 0.6) is 28.7 Å².